The Hall–Kier alpha value is -1.35. The van der Waals surface area contributed by atoms with E-state index in [0.29, 0.717) is 12.5 Å². The van der Waals surface area contributed by atoms with Gasteiger partial charge in [-0.1, -0.05) is 58.4 Å². The third kappa shape index (κ3) is 4.67. The first-order valence-electron chi connectivity index (χ1n) is 7.07. The average molecular weight is 262 g/mol. The standard InChI is InChI=1S/C16H26N2O/c1-5-12(4)15(17)16(19)18-10-13-6-8-14(9-7-13)11(2)3/h6-9,11-12,15H,5,10,17H2,1-4H3,(H,18,19)/t12-,15-/m0/s1. The molecule has 0 heterocycles. The van der Waals surface area contributed by atoms with Gasteiger partial charge in [-0.15, -0.1) is 0 Å². The molecule has 1 aromatic carbocycles. The topological polar surface area (TPSA) is 55.1 Å². The molecule has 0 spiro atoms. The highest BCUT2D eigenvalue weighted by Crippen LogP contribution is 2.14. The molecule has 0 radical (unpaired) electrons. The summed E-state index contributed by atoms with van der Waals surface area (Å²) in [7, 11) is 0. The Labute approximate surface area is 116 Å². The van der Waals surface area contributed by atoms with Crippen LogP contribution < -0.4 is 11.1 Å². The van der Waals surface area contributed by atoms with Gasteiger partial charge in [0.25, 0.3) is 0 Å². The lowest BCUT2D eigenvalue weighted by Gasteiger charge is -2.17. The second-order valence-electron chi connectivity index (χ2n) is 5.53. The molecule has 3 nitrogen and oxygen atoms in total. The summed E-state index contributed by atoms with van der Waals surface area (Å²) in [5.41, 5.74) is 8.30. The van der Waals surface area contributed by atoms with Crippen molar-refractivity contribution in [2.75, 3.05) is 0 Å². The zero-order valence-electron chi connectivity index (χ0n) is 12.4. The van der Waals surface area contributed by atoms with E-state index in [4.69, 9.17) is 5.73 Å². The molecule has 1 rings (SSSR count). The largest absolute Gasteiger partial charge is 0.351 e. The minimum absolute atomic E-state index is 0.0673. The number of nitrogens with one attached hydrogen (secondary N) is 1. The first kappa shape index (κ1) is 15.7. The summed E-state index contributed by atoms with van der Waals surface area (Å²) in [6.07, 6.45) is 0.914. The van der Waals surface area contributed by atoms with Crippen molar-refractivity contribution < 1.29 is 4.79 Å². The summed E-state index contributed by atoms with van der Waals surface area (Å²) < 4.78 is 0. The Morgan fingerprint density at radius 2 is 1.79 bits per heavy atom. The van der Waals surface area contributed by atoms with Gasteiger partial charge in [0.1, 0.15) is 0 Å². The first-order valence-corrected chi connectivity index (χ1v) is 7.07. The van der Waals surface area contributed by atoms with Gasteiger partial charge in [0, 0.05) is 6.54 Å². The maximum absolute atomic E-state index is 11.9. The first-order chi connectivity index (χ1) is 8.95. The predicted octanol–water partition coefficient (Wildman–Crippen LogP) is 2.80. The molecule has 0 bridgehead atoms. The lowest BCUT2D eigenvalue weighted by atomic mass is 9.99. The van der Waals surface area contributed by atoms with Gasteiger partial charge in [-0.05, 0) is 23.0 Å². The third-order valence-electron chi connectivity index (χ3n) is 3.67. The van der Waals surface area contributed by atoms with Crippen LogP contribution in [0.2, 0.25) is 0 Å². The van der Waals surface area contributed by atoms with E-state index in [-0.39, 0.29) is 11.8 Å². The van der Waals surface area contributed by atoms with Crippen LogP contribution in [0.3, 0.4) is 0 Å². The molecule has 0 aliphatic heterocycles. The molecule has 0 saturated heterocycles. The Kier molecular flexibility index (Phi) is 6.03. The maximum Gasteiger partial charge on any atom is 0.237 e. The Morgan fingerprint density at radius 1 is 1.21 bits per heavy atom. The second-order valence-corrected chi connectivity index (χ2v) is 5.53. The van der Waals surface area contributed by atoms with Crippen LogP contribution in [-0.4, -0.2) is 11.9 Å². The van der Waals surface area contributed by atoms with Gasteiger partial charge in [-0.25, -0.2) is 0 Å². The van der Waals surface area contributed by atoms with Crippen molar-refractivity contribution in [1.82, 2.24) is 5.32 Å². The molecule has 2 atom stereocenters. The van der Waals surface area contributed by atoms with Crippen molar-refractivity contribution >= 4 is 5.91 Å². The highest BCUT2D eigenvalue weighted by molar-refractivity contribution is 5.81. The SMILES string of the molecule is CC[C@H](C)[C@H](N)C(=O)NCc1ccc(C(C)C)cc1. The summed E-state index contributed by atoms with van der Waals surface area (Å²) in [5.74, 6) is 0.674. The van der Waals surface area contributed by atoms with Crippen LogP contribution in [0, 0.1) is 5.92 Å². The minimum atomic E-state index is -0.417. The smallest absolute Gasteiger partial charge is 0.237 e. The molecule has 3 heteroatoms. The number of rotatable bonds is 6. The number of nitrogens with two attached hydrogens (primary N) is 1. The van der Waals surface area contributed by atoms with Gasteiger partial charge in [0.15, 0.2) is 0 Å². The second kappa shape index (κ2) is 7.29. The molecule has 1 aromatic rings. The van der Waals surface area contributed by atoms with Crippen LogP contribution in [0.5, 0.6) is 0 Å². The molecular weight excluding hydrogens is 236 g/mol. The number of benzene rings is 1. The van der Waals surface area contributed by atoms with Gasteiger partial charge in [0.2, 0.25) is 5.91 Å². The summed E-state index contributed by atoms with van der Waals surface area (Å²) in [4.78, 5) is 11.9. The van der Waals surface area contributed by atoms with Crippen LogP contribution in [0.25, 0.3) is 0 Å². The number of amides is 1. The lowest BCUT2D eigenvalue weighted by molar-refractivity contribution is -0.123. The molecule has 106 valence electrons. The van der Waals surface area contributed by atoms with E-state index in [1.54, 1.807) is 0 Å². The number of carbonyl (C=O) groups excluding carboxylic acids is 1. The van der Waals surface area contributed by atoms with Crippen molar-refractivity contribution in [3.8, 4) is 0 Å². The van der Waals surface area contributed by atoms with Crippen LogP contribution in [0.4, 0.5) is 0 Å². The van der Waals surface area contributed by atoms with E-state index in [0.717, 1.165) is 12.0 Å². The van der Waals surface area contributed by atoms with Crippen molar-refractivity contribution in [3.05, 3.63) is 35.4 Å². The summed E-state index contributed by atoms with van der Waals surface area (Å²) >= 11 is 0. The van der Waals surface area contributed by atoms with Crippen molar-refractivity contribution in [3.63, 3.8) is 0 Å². The molecule has 0 aliphatic carbocycles. The molecule has 19 heavy (non-hydrogen) atoms. The molecule has 0 fully saturated rings. The minimum Gasteiger partial charge on any atom is -0.351 e. The molecule has 0 unspecified atom stereocenters. The van der Waals surface area contributed by atoms with Crippen LogP contribution in [-0.2, 0) is 11.3 Å². The van der Waals surface area contributed by atoms with Crippen LogP contribution in [0.15, 0.2) is 24.3 Å². The normalized spacial score (nSPS) is 14.2. The Bertz CT molecular complexity index is 398. The van der Waals surface area contributed by atoms with E-state index in [9.17, 15) is 4.79 Å². The number of hydrogen-bond acceptors (Lipinski definition) is 2. The van der Waals surface area contributed by atoms with Gasteiger partial charge >= 0.3 is 0 Å². The fraction of sp³-hybridized carbons (Fsp3) is 0.562. The Balaban J connectivity index is 2.50. The molecule has 0 aliphatic rings. The van der Waals surface area contributed by atoms with Crippen molar-refractivity contribution in [2.45, 2.75) is 52.6 Å². The lowest BCUT2D eigenvalue weighted by Crippen LogP contribution is -2.44. The number of hydrogen-bond donors (Lipinski definition) is 2. The highest BCUT2D eigenvalue weighted by atomic mass is 16.2. The third-order valence-corrected chi connectivity index (χ3v) is 3.67. The molecular formula is C16H26N2O. The van der Waals surface area contributed by atoms with E-state index in [1.807, 2.05) is 13.8 Å². The Morgan fingerprint density at radius 3 is 2.26 bits per heavy atom. The van der Waals surface area contributed by atoms with E-state index in [1.165, 1.54) is 5.56 Å². The fourth-order valence-electron chi connectivity index (χ4n) is 1.84. The summed E-state index contributed by atoms with van der Waals surface area (Å²) in [6.45, 7) is 8.93. The van der Waals surface area contributed by atoms with Gasteiger partial charge in [-0.3, -0.25) is 4.79 Å². The zero-order chi connectivity index (χ0) is 14.4. The zero-order valence-corrected chi connectivity index (χ0v) is 12.4. The highest BCUT2D eigenvalue weighted by Gasteiger charge is 2.18. The molecule has 3 N–H and O–H groups in total. The quantitative estimate of drug-likeness (QED) is 0.828. The van der Waals surface area contributed by atoms with Crippen molar-refractivity contribution in [2.24, 2.45) is 11.7 Å². The van der Waals surface area contributed by atoms with Crippen molar-refractivity contribution in [1.29, 1.82) is 0 Å². The average Bonchev–Trinajstić information content (AvgIpc) is 2.43. The van der Waals surface area contributed by atoms with Gasteiger partial charge in [0.05, 0.1) is 6.04 Å². The summed E-state index contributed by atoms with van der Waals surface area (Å²) in [6, 6.07) is 7.93. The van der Waals surface area contributed by atoms with Gasteiger partial charge < -0.3 is 11.1 Å². The number of carbonyl (C=O) groups is 1. The predicted molar refractivity (Wildman–Crippen MR) is 79.8 cm³/mol. The molecule has 1 amide bonds. The summed E-state index contributed by atoms with van der Waals surface area (Å²) in [5, 5.41) is 2.90. The van der Waals surface area contributed by atoms with Crippen LogP contribution >= 0.6 is 0 Å². The maximum atomic E-state index is 11.9. The van der Waals surface area contributed by atoms with E-state index in [2.05, 4.69) is 43.4 Å². The van der Waals surface area contributed by atoms with E-state index < -0.39 is 6.04 Å². The van der Waals surface area contributed by atoms with E-state index >= 15 is 0 Å². The molecule has 0 saturated carbocycles. The molecule has 0 aromatic heterocycles. The fourth-order valence-corrected chi connectivity index (χ4v) is 1.84. The monoisotopic (exact) mass is 262 g/mol. The van der Waals surface area contributed by atoms with Crippen LogP contribution in [0.1, 0.15) is 51.2 Å². The van der Waals surface area contributed by atoms with Gasteiger partial charge in [-0.2, -0.15) is 0 Å².